The fourth-order valence-corrected chi connectivity index (χ4v) is 7.21. The van der Waals surface area contributed by atoms with Gasteiger partial charge in [0.05, 0.1) is 11.6 Å². The average Bonchev–Trinajstić information content (AvgIpc) is 3.25. The Morgan fingerprint density at radius 1 is 1.10 bits per heavy atom. The minimum atomic E-state index is -0.744. The van der Waals surface area contributed by atoms with Crippen LogP contribution in [0.25, 0.3) is 0 Å². The second-order valence-electron chi connectivity index (χ2n) is 13.1. The molecule has 0 spiro atoms. The summed E-state index contributed by atoms with van der Waals surface area (Å²) in [6.45, 7) is 8.32. The van der Waals surface area contributed by atoms with E-state index in [4.69, 9.17) is 4.74 Å². The van der Waals surface area contributed by atoms with E-state index in [2.05, 4.69) is 29.8 Å². The molecule has 9 nitrogen and oxygen atoms in total. The second kappa shape index (κ2) is 12.7. The molecule has 3 saturated heterocycles. The van der Waals surface area contributed by atoms with Crippen molar-refractivity contribution in [3.63, 3.8) is 0 Å². The molecule has 5 rings (SSSR count). The fourth-order valence-electron chi connectivity index (χ4n) is 7.21. The lowest BCUT2D eigenvalue weighted by atomic mass is 9.63. The summed E-state index contributed by atoms with van der Waals surface area (Å²) in [7, 11) is 0. The van der Waals surface area contributed by atoms with E-state index in [1.807, 2.05) is 9.80 Å². The molecule has 0 bridgehead atoms. The van der Waals surface area contributed by atoms with Gasteiger partial charge >= 0.3 is 6.09 Å². The monoisotopic (exact) mass is 571 g/mol. The quantitative estimate of drug-likeness (QED) is 0.444. The Hall–Kier alpha value is -2.72. The second-order valence-corrected chi connectivity index (χ2v) is 13.1. The van der Waals surface area contributed by atoms with Gasteiger partial charge < -0.3 is 25.6 Å². The summed E-state index contributed by atoms with van der Waals surface area (Å²) in [5, 5.41) is 9.44. The van der Waals surface area contributed by atoms with E-state index >= 15 is 0 Å². The standard InChI is InChI=1S/C31H46FN5O4/c1-30(2)21-41-29(40)37(30)20-31(23-6-4-3-5-7-23)12-16-36(17-13-31)28(39)25(18-22-8-10-24(32)11-9-22)35-27(38)26-19-33-14-15-34-26/h8-11,23,25-26,33-34H,3-7,12-21H2,1-2H3,(H,35,38)/t25-,26+/m1/s1. The minimum absolute atomic E-state index is 0.0643. The van der Waals surface area contributed by atoms with Crippen molar-refractivity contribution >= 4 is 17.9 Å². The van der Waals surface area contributed by atoms with Crippen molar-refractivity contribution in [2.75, 3.05) is 45.9 Å². The molecule has 10 heteroatoms. The molecule has 1 aromatic rings. The number of nitrogens with one attached hydrogen (secondary N) is 3. The van der Waals surface area contributed by atoms with Crippen molar-refractivity contribution in [1.82, 2.24) is 25.8 Å². The minimum Gasteiger partial charge on any atom is -0.447 e. The number of ether oxygens (including phenoxy) is 1. The van der Waals surface area contributed by atoms with Gasteiger partial charge in [-0.15, -0.1) is 0 Å². The van der Waals surface area contributed by atoms with Crippen LogP contribution in [0.5, 0.6) is 0 Å². The number of hydrogen-bond donors (Lipinski definition) is 3. The number of piperidine rings is 1. The maximum absolute atomic E-state index is 14.0. The van der Waals surface area contributed by atoms with Gasteiger partial charge in [-0.3, -0.25) is 14.5 Å². The van der Waals surface area contributed by atoms with Gasteiger partial charge in [-0.25, -0.2) is 9.18 Å². The first-order chi connectivity index (χ1) is 19.7. The average molecular weight is 572 g/mol. The summed E-state index contributed by atoms with van der Waals surface area (Å²) in [5.41, 5.74) is 0.381. The first-order valence-corrected chi connectivity index (χ1v) is 15.4. The predicted octanol–water partition coefficient (Wildman–Crippen LogP) is 2.83. The molecule has 1 aliphatic carbocycles. The van der Waals surface area contributed by atoms with Gasteiger partial charge in [-0.1, -0.05) is 31.4 Å². The maximum atomic E-state index is 14.0. The van der Waals surface area contributed by atoms with Crippen molar-refractivity contribution in [2.45, 2.75) is 82.8 Å². The summed E-state index contributed by atoms with van der Waals surface area (Å²) in [6.07, 6.45) is 7.66. The van der Waals surface area contributed by atoms with E-state index in [1.54, 1.807) is 12.1 Å². The van der Waals surface area contributed by atoms with E-state index in [-0.39, 0.29) is 34.7 Å². The van der Waals surface area contributed by atoms with E-state index < -0.39 is 12.1 Å². The van der Waals surface area contributed by atoms with Crippen LogP contribution >= 0.6 is 0 Å². The van der Waals surface area contributed by atoms with E-state index in [9.17, 15) is 18.8 Å². The number of cyclic esters (lactones) is 1. The Kier molecular flexibility index (Phi) is 9.18. The lowest BCUT2D eigenvalue weighted by Crippen LogP contribution is -2.61. The van der Waals surface area contributed by atoms with Crippen LogP contribution in [-0.2, 0) is 20.7 Å². The van der Waals surface area contributed by atoms with Gasteiger partial charge in [0, 0.05) is 45.7 Å². The van der Waals surface area contributed by atoms with Gasteiger partial charge in [0.25, 0.3) is 0 Å². The summed E-state index contributed by atoms with van der Waals surface area (Å²) in [4.78, 5) is 43.7. The molecule has 3 N–H and O–H groups in total. The van der Waals surface area contributed by atoms with Gasteiger partial charge in [-0.2, -0.15) is 0 Å². The first kappa shape index (κ1) is 29.8. The largest absolute Gasteiger partial charge is 0.447 e. The number of carbonyl (C=O) groups is 3. The highest BCUT2D eigenvalue weighted by atomic mass is 19.1. The number of piperazine rings is 1. The van der Waals surface area contributed by atoms with Gasteiger partial charge in [-0.05, 0) is 68.6 Å². The van der Waals surface area contributed by atoms with Crippen LogP contribution in [0.1, 0.15) is 64.4 Å². The third-order valence-electron chi connectivity index (χ3n) is 9.84. The Morgan fingerprint density at radius 2 is 1.80 bits per heavy atom. The number of nitrogens with zero attached hydrogens (tertiary/aromatic N) is 2. The number of hydrogen-bond acceptors (Lipinski definition) is 6. The number of benzene rings is 1. The molecule has 0 unspecified atom stereocenters. The molecule has 1 saturated carbocycles. The van der Waals surface area contributed by atoms with Crippen LogP contribution in [0, 0.1) is 17.2 Å². The zero-order chi connectivity index (χ0) is 29.0. The topological polar surface area (TPSA) is 103 Å². The predicted molar refractivity (Wildman–Crippen MR) is 154 cm³/mol. The lowest BCUT2D eigenvalue weighted by Gasteiger charge is -2.51. The zero-order valence-electron chi connectivity index (χ0n) is 24.6. The molecule has 0 aromatic heterocycles. The highest BCUT2D eigenvalue weighted by Crippen LogP contribution is 2.48. The summed E-state index contributed by atoms with van der Waals surface area (Å²) in [5.74, 6) is -0.138. The van der Waals surface area contributed by atoms with Gasteiger partial charge in [0.15, 0.2) is 0 Å². The van der Waals surface area contributed by atoms with Crippen molar-refractivity contribution < 1.29 is 23.5 Å². The molecule has 3 aliphatic heterocycles. The van der Waals surface area contributed by atoms with Gasteiger partial charge in [0.1, 0.15) is 18.5 Å². The van der Waals surface area contributed by atoms with Gasteiger partial charge in [0.2, 0.25) is 11.8 Å². The molecule has 1 aromatic carbocycles. The van der Waals surface area contributed by atoms with Crippen molar-refractivity contribution in [1.29, 1.82) is 0 Å². The van der Waals surface area contributed by atoms with Crippen LogP contribution in [0.4, 0.5) is 9.18 Å². The number of amides is 3. The smallest absolute Gasteiger partial charge is 0.410 e. The number of halogens is 1. The third kappa shape index (κ3) is 6.85. The SMILES string of the molecule is CC1(C)COC(=O)N1CC1(C2CCCCC2)CCN(C(=O)[C@@H](Cc2ccc(F)cc2)NC(=O)[C@@H]2CNCCN2)CC1. The fraction of sp³-hybridized carbons (Fsp3) is 0.710. The highest BCUT2D eigenvalue weighted by Gasteiger charge is 2.49. The molecule has 226 valence electrons. The third-order valence-corrected chi connectivity index (χ3v) is 9.84. The van der Waals surface area contributed by atoms with Crippen LogP contribution in [-0.4, -0.2) is 91.2 Å². The molecule has 3 heterocycles. The van der Waals surface area contributed by atoms with E-state index in [0.717, 1.165) is 37.8 Å². The molecule has 3 amide bonds. The molecule has 4 aliphatic rings. The summed E-state index contributed by atoms with van der Waals surface area (Å²) in [6, 6.07) is 4.96. The molecule has 0 radical (unpaired) electrons. The Labute approximate surface area is 242 Å². The first-order valence-electron chi connectivity index (χ1n) is 15.4. The van der Waals surface area contributed by atoms with Crippen LogP contribution in [0.15, 0.2) is 24.3 Å². The Bertz CT molecular complexity index is 1080. The van der Waals surface area contributed by atoms with Crippen molar-refractivity contribution in [2.24, 2.45) is 11.3 Å². The van der Waals surface area contributed by atoms with Crippen molar-refractivity contribution in [3.8, 4) is 0 Å². The molecular weight excluding hydrogens is 525 g/mol. The molecular formula is C31H46FN5O4. The number of carbonyl (C=O) groups excluding carboxylic acids is 3. The molecule has 41 heavy (non-hydrogen) atoms. The van der Waals surface area contributed by atoms with E-state index in [1.165, 1.54) is 31.4 Å². The zero-order valence-corrected chi connectivity index (χ0v) is 24.6. The van der Waals surface area contributed by atoms with Crippen LogP contribution in [0.3, 0.4) is 0 Å². The number of rotatable bonds is 8. The Balaban J connectivity index is 1.31. The Morgan fingerprint density at radius 3 is 2.41 bits per heavy atom. The van der Waals surface area contributed by atoms with Crippen LogP contribution < -0.4 is 16.0 Å². The normalized spacial score (nSPS) is 25.4. The number of likely N-dealkylation sites (tertiary alicyclic amines) is 1. The van der Waals surface area contributed by atoms with Crippen LogP contribution in [0.2, 0.25) is 0 Å². The van der Waals surface area contributed by atoms with Crippen molar-refractivity contribution in [3.05, 3.63) is 35.6 Å². The maximum Gasteiger partial charge on any atom is 0.410 e. The molecule has 2 atom stereocenters. The summed E-state index contributed by atoms with van der Waals surface area (Å²) >= 11 is 0. The highest BCUT2D eigenvalue weighted by molar-refractivity contribution is 5.90. The lowest BCUT2D eigenvalue weighted by molar-refractivity contribution is -0.140. The van der Waals surface area contributed by atoms with E-state index in [0.29, 0.717) is 51.7 Å². The molecule has 4 fully saturated rings. The summed E-state index contributed by atoms with van der Waals surface area (Å²) < 4.78 is 19.0.